The van der Waals surface area contributed by atoms with Crippen molar-refractivity contribution < 1.29 is 33.3 Å². The van der Waals surface area contributed by atoms with E-state index in [1.54, 1.807) is 13.2 Å². The number of ether oxygens (including phenoxy) is 2. The average molecular weight is 412 g/mol. The van der Waals surface area contributed by atoms with Crippen LogP contribution >= 0.6 is 0 Å². The van der Waals surface area contributed by atoms with Crippen LogP contribution in [-0.4, -0.2) is 64.9 Å². The van der Waals surface area contributed by atoms with Gasteiger partial charge in [-0.2, -0.15) is 0 Å². The van der Waals surface area contributed by atoms with Crippen molar-refractivity contribution >= 4 is 11.9 Å². The summed E-state index contributed by atoms with van der Waals surface area (Å²) in [5, 5.41) is 2.84. The molecule has 1 fully saturated rings. The minimum Gasteiger partial charge on any atom is -0.496 e. The summed E-state index contributed by atoms with van der Waals surface area (Å²) in [5.41, 5.74) is 0.859. The molecule has 1 aliphatic heterocycles. The first-order chi connectivity index (χ1) is 13.9. The highest BCUT2D eigenvalue weighted by molar-refractivity contribution is 5.85. The van der Waals surface area contributed by atoms with Gasteiger partial charge in [-0.05, 0) is 24.1 Å². The molecule has 2 atom stereocenters. The number of rotatable bonds is 9. The number of carbonyl (C=O) groups is 2. The second kappa shape index (κ2) is 11.1. The van der Waals surface area contributed by atoms with Gasteiger partial charge < -0.3 is 24.6 Å². The number of amides is 1. The smallest absolute Gasteiger partial charge is 0.328 e. The summed E-state index contributed by atoms with van der Waals surface area (Å²) in [6.45, 7) is 8.38. The molecule has 0 bridgehead atoms. The molecule has 0 aliphatic carbocycles. The second-order valence-electron chi connectivity index (χ2n) is 7.76. The molecule has 0 radical (unpaired) electrons. The van der Waals surface area contributed by atoms with E-state index in [-0.39, 0.29) is 17.6 Å². The van der Waals surface area contributed by atoms with Crippen molar-refractivity contribution in [3.8, 4) is 5.75 Å². The molecule has 0 aromatic heterocycles. The molecule has 0 unspecified atom stereocenters. The van der Waals surface area contributed by atoms with E-state index < -0.39 is 12.0 Å². The number of hydrogen-bond acceptors (Lipinski definition) is 4. The number of halogens is 1. The Labute approximate surface area is 172 Å². The summed E-state index contributed by atoms with van der Waals surface area (Å²) in [7, 11) is 2.93. The van der Waals surface area contributed by atoms with Gasteiger partial charge in [0, 0.05) is 0 Å². The highest BCUT2D eigenvalue weighted by atomic mass is 19.1. The zero-order valence-corrected chi connectivity index (χ0v) is 17.8. The highest BCUT2D eigenvalue weighted by Crippen LogP contribution is 2.18. The molecule has 162 valence electrons. The molecule has 29 heavy (non-hydrogen) atoms. The molecule has 0 saturated carbocycles. The summed E-state index contributed by atoms with van der Waals surface area (Å²) in [6, 6.07) is 3.98. The van der Waals surface area contributed by atoms with Crippen LogP contribution in [0.3, 0.4) is 0 Å². The molecule has 1 aromatic carbocycles. The maximum absolute atomic E-state index is 13.6. The molecule has 3 N–H and O–H groups in total. The number of quaternary nitrogens is 2. The minimum atomic E-state index is -0.607. The molecule has 2 rings (SSSR count). The third kappa shape index (κ3) is 6.68. The first-order valence-corrected chi connectivity index (χ1v) is 10.2. The lowest BCUT2D eigenvalue weighted by Crippen LogP contribution is -3.28. The van der Waals surface area contributed by atoms with E-state index in [2.05, 4.69) is 5.32 Å². The Morgan fingerprint density at radius 3 is 2.41 bits per heavy atom. The van der Waals surface area contributed by atoms with Gasteiger partial charge in [-0.25, -0.2) is 9.18 Å². The van der Waals surface area contributed by atoms with Crippen LogP contribution in [0.2, 0.25) is 0 Å². The van der Waals surface area contributed by atoms with E-state index in [1.165, 1.54) is 29.0 Å². The molecule has 1 aliphatic rings. The Balaban J connectivity index is 1.84. The van der Waals surface area contributed by atoms with Gasteiger partial charge in [0.2, 0.25) is 0 Å². The lowest BCUT2D eigenvalue weighted by atomic mass is 9.99. The van der Waals surface area contributed by atoms with Gasteiger partial charge in [-0.15, -0.1) is 0 Å². The van der Waals surface area contributed by atoms with Crippen molar-refractivity contribution in [2.24, 2.45) is 5.92 Å². The molecule has 1 amide bonds. The Morgan fingerprint density at radius 1 is 1.17 bits per heavy atom. The van der Waals surface area contributed by atoms with Gasteiger partial charge in [0.25, 0.3) is 5.91 Å². The number of methoxy groups -OCH3 is 2. The summed E-state index contributed by atoms with van der Waals surface area (Å²) < 4.78 is 23.7. The van der Waals surface area contributed by atoms with Crippen molar-refractivity contribution in [2.75, 3.05) is 46.9 Å². The Morgan fingerprint density at radius 2 is 1.83 bits per heavy atom. The maximum Gasteiger partial charge on any atom is 0.328 e. The number of carbonyl (C=O) groups excluding carboxylic acids is 2. The normalized spacial score (nSPS) is 21.1. The predicted molar refractivity (Wildman–Crippen MR) is 106 cm³/mol. The Kier molecular flexibility index (Phi) is 8.85. The van der Waals surface area contributed by atoms with Crippen molar-refractivity contribution in [3.63, 3.8) is 0 Å². The maximum atomic E-state index is 13.6. The van der Waals surface area contributed by atoms with Crippen LogP contribution in [-0.2, 0) is 20.9 Å². The molecule has 0 spiro atoms. The van der Waals surface area contributed by atoms with Crippen LogP contribution in [0, 0.1) is 11.7 Å². The van der Waals surface area contributed by atoms with E-state index in [4.69, 9.17) is 9.47 Å². The fourth-order valence-corrected chi connectivity index (χ4v) is 3.71. The van der Waals surface area contributed by atoms with Crippen molar-refractivity contribution in [3.05, 3.63) is 29.6 Å². The van der Waals surface area contributed by atoms with Crippen molar-refractivity contribution in [2.45, 2.75) is 32.9 Å². The standard InChI is InChI=1S/C21H32FN3O4/c1-5-15(2)20(21(27)29-4)23-19(26)14-25-10-8-24(9-11-25)13-16-12-17(22)6-7-18(16)28-3/h6-7,12,15,20H,5,8-11,13-14H2,1-4H3,(H,23,26)/p+2/t15-,20-/m1/s1. The van der Waals surface area contributed by atoms with Gasteiger partial charge >= 0.3 is 5.97 Å². The van der Waals surface area contributed by atoms with E-state index in [1.807, 2.05) is 13.8 Å². The van der Waals surface area contributed by atoms with E-state index in [0.29, 0.717) is 18.8 Å². The number of hydrogen-bond donors (Lipinski definition) is 3. The quantitative estimate of drug-likeness (QED) is 0.448. The van der Waals surface area contributed by atoms with Gasteiger partial charge in [-0.3, -0.25) is 4.79 Å². The summed E-state index contributed by atoms with van der Waals surface area (Å²) in [6.07, 6.45) is 0.776. The van der Waals surface area contributed by atoms with Crippen LogP contribution < -0.4 is 19.9 Å². The van der Waals surface area contributed by atoms with Crippen molar-refractivity contribution in [1.82, 2.24) is 5.32 Å². The molecular weight excluding hydrogens is 377 g/mol. The van der Waals surface area contributed by atoms with Gasteiger partial charge in [0.15, 0.2) is 6.54 Å². The molecular formula is C21H34FN3O4+2. The predicted octanol–water partition coefficient (Wildman–Crippen LogP) is -1.18. The zero-order chi connectivity index (χ0) is 21.4. The number of benzene rings is 1. The van der Waals surface area contributed by atoms with Crippen LogP contribution in [0.1, 0.15) is 25.8 Å². The second-order valence-corrected chi connectivity index (χ2v) is 7.76. The third-order valence-corrected chi connectivity index (χ3v) is 5.74. The van der Waals surface area contributed by atoms with Crippen LogP contribution in [0.4, 0.5) is 4.39 Å². The topological polar surface area (TPSA) is 73.5 Å². The fourth-order valence-electron chi connectivity index (χ4n) is 3.71. The average Bonchev–Trinajstić information content (AvgIpc) is 2.72. The Bertz CT molecular complexity index is 693. The zero-order valence-electron chi connectivity index (χ0n) is 17.8. The van der Waals surface area contributed by atoms with Gasteiger partial charge in [-0.1, -0.05) is 20.3 Å². The number of piperazine rings is 1. The first-order valence-electron chi connectivity index (χ1n) is 10.2. The number of esters is 1. The van der Waals surface area contributed by atoms with E-state index in [0.717, 1.165) is 38.2 Å². The van der Waals surface area contributed by atoms with Crippen LogP contribution in [0.15, 0.2) is 18.2 Å². The van der Waals surface area contributed by atoms with Crippen molar-refractivity contribution in [1.29, 1.82) is 0 Å². The summed E-state index contributed by atoms with van der Waals surface area (Å²) >= 11 is 0. The molecule has 7 nitrogen and oxygen atoms in total. The molecule has 8 heteroatoms. The SMILES string of the molecule is CC[C@@H](C)[C@@H](NC(=O)C[NH+]1CC[NH+](Cc2cc(F)ccc2OC)CC1)C(=O)OC. The monoisotopic (exact) mass is 411 g/mol. The summed E-state index contributed by atoms with van der Waals surface area (Å²) in [4.78, 5) is 26.9. The molecule has 1 heterocycles. The van der Waals surface area contributed by atoms with E-state index in [9.17, 15) is 14.0 Å². The molecule has 1 aromatic rings. The fraction of sp³-hybridized carbons (Fsp3) is 0.619. The highest BCUT2D eigenvalue weighted by Gasteiger charge is 2.30. The van der Waals surface area contributed by atoms with Crippen LogP contribution in [0.25, 0.3) is 0 Å². The summed E-state index contributed by atoms with van der Waals surface area (Å²) in [5.74, 6) is -0.0783. The largest absolute Gasteiger partial charge is 0.496 e. The van der Waals surface area contributed by atoms with Gasteiger partial charge in [0.1, 0.15) is 50.3 Å². The lowest BCUT2D eigenvalue weighted by Gasteiger charge is -2.30. The molecule has 1 saturated heterocycles. The Hall–Kier alpha value is -2.19. The minimum absolute atomic E-state index is 0.0175. The van der Waals surface area contributed by atoms with E-state index >= 15 is 0 Å². The number of nitrogens with one attached hydrogen (secondary N) is 3. The first kappa shape index (κ1) is 23.1. The van der Waals surface area contributed by atoms with Gasteiger partial charge in [0.05, 0.1) is 19.8 Å². The third-order valence-electron chi connectivity index (χ3n) is 5.74. The lowest BCUT2D eigenvalue weighted by molar-refractivity contribution is -1.02. The van der Waals surface area contributed by atoms with Crippen LogP contribution in [0.5, 0.6) is 5.75 Å².